The van der Waals surface area contributed by atoms with Crippen LogP contribution in [0.25, 0.3) is 0 Å². The van der Waals surface area contributed by atoms with E-state index in [0.29, 0.717) is 6.54 Å². The van der Waals surface area contributed by atoms with E-state index in [1.165, 1.54) is 10.0 Å². The van der Waals surface area contributed by atoms with E-state index in [4.69, 9.17) is 0 Å². The summed E-state index contributed by atoms with van der Waals surface area (Å²) in [5.74, 6) is 0. The zero-order valence-electron chi connectivity index (χ0n) is 6.89. The predicted molar refractivity (Wildman–Crippen MR) is 41.4 cm³/mol. The average Bonchev–Trinajstić information content (AvgIpc) is 2.02. The van der Waals surface area contributed by atoms with Crippen LogP contribution in [0.15, 0.2) is 10.6 Å². The van der Waals surface area contributed by atoms with Gasteiger partial charge in [0.1, 0.15) is 0 Å². The number of nitrogens with zero attached hydrogens (tertiary/aromatic N) is 4. The maximum Gasteiger partial charge on any atom is 0.0663 e. The quantitative estimate of drug-likeness (QED) is 0.436. The lowest BCUT2D eigenvalue weighted by Crippen LogP contribution is -2.33. The predicted octanol–water partition coefficient (Wildman–Crippen LogP) is 0.601. The van der Waals surface area contributed by atoms with Gasteiger partial charge in [0.2, 0.25) is 0 Å². The molecule has 11 heavy (non-hydrogen) atoms. The smallest absolute Gasteiger partial charge is 0.0663 e. The maximum absolute atomic E-state index is 9.96. The Bertz CT molecular complexity index is 140. The fourth-order valence-corrected chi connectivity index (χ4v) is 0.614. The highest BCUT2D eigenvalue weighted by molar-refractivity contribution is 4.61. The Balaban J connectivity index is 3.75. The summed E-state index contributed by atoms with van der Waals surface area (Å²) in [4.78, 5) is 19.9. The highest BCUT2D eigenvalue weighted by Gasteiger charge is 2.09. The van der Waals surface area contributed by atoms with Crippen LogP contribution in [0.2, 0.25) is 0 Å². The molecule has 0 N–H and O–H groups in total. The van der Waals surface area contributed by atoms with Gasteiger partial charge in [-0.15, -0.1) is 9.81 Å². The normalized spacial score (nSPS) is 11.9. The Kier molecular flexibility index (Phi) is 4.09. The minimum Gasteiger partial charge on any atom is -0.262 e. The second-order valence-electron chi connectivity index (χ2n) is 2.43. The van der Waals surface area contributed by atoms with Gasteiger partial charge in [-0.25, -0.2) is 0 Å². The second-order valence-corrected chi connectivity index (χ2v) is 2.43. The van der Waals surface area contributed by atoms with Crippen molar-refractivity contribution < 1.29 is 0 Å². The molecule has 0 aliphatic carbocycles. The molecule has 64 valence electrons. The van der Waals surface area contributed by atoms with Gasteiger partial charge in [-0.1, -0.05) is 0 Å². The van der Waals surface area contributed by atoms with Gasteiger partial charge in [0.25, 0.3) is 0 Å². The van der Waals surface area contributed by atoms with Crippen LogP contribution in [0.4, 0.5) is 0 Å². The summed E-state index contributed by atoms with van der Waals surface area (Å²) in [6.07, 6.45) is 0. The Morgan fingerprint density at radius 2 is 1.82 bits per heavy atom. The number of nitroso groups, excluding NO2 is 2. The number of rotatable bonds is 5. The van der Waals surface area contributed by atoms with Crippen LogP contribution in [0.3, 0.4) is 0 Å². The lowest BCUT2D eigenvalue weighted by molar-refractivity contribution is 0.198. The molecule has 0 saturated carbocycles. The summed E-state index contributed by atoms with van der Waals surface area (Å²) in [6, 6.07) is -0.102. The van der Waals surface area contributed by atoms with Crippen molar-refractivity contribution in [2.45, 2.75) is 13.0 Å². The number of hydrogen-bond donors (Lipinski definition) is 0. The molecule has 0 amide bonds. The Labute approximate surface area is 65.0 Å². The molecular formula is C5H12N4O2. The third-order valence-corrected chi connectivity index (χ3v) is 1.43. The summed E-state index contributed by atoms with van der Waals surface area (Å²) in [5, 5.41) is 7.80. The summed E-state index contributed by atoms with van der Waals surface area (Å²) in [5.41, 5.74) is 0. The van der Waals surface area contributed by atoms with Crippen molar-refractivity contribution in [1.29, 1.82) is 0 Å². The van der Waals surface area contributed by atoms with Gasteiger partial charge in [0.05, 0.1) is 23.2 Å². The van der Waals surface area contributed by atoms with Gasteiger partial charge in [-0.05, 0) is 6.92 Å². The Hall–Kier alpha value is -1.20. The molecule has 0 saturated heterocycles. The first-order chi connectivity index (χ1) is 5.11. The number of hydrogen-bond acceptors (Lipinski definition) is 4. The van der Waals surface area contributed by atoms with Crippen LogP contribution in [0, 0.1) is 9.81 Å². The fraction of sp³-hybridized carbons (Fsp3) is 1.00. The van der Waals surface area contributed by atoms with Gasteiger partial charge < -0.3 is 0 Å². The van der Waals surface area contributed by atoms with Crippen molar-refractivity contribution in [3.8, 4) is 0 Å². The summed E-state index contributed by atoms with van der Waals surface area (Å²) < 4.78 is 0. The molecule has 0 aromatic heterocycles. The molecule has 0 rings (SSSR count). The van der Waals surface area contributed by atoms with Crippen LogP contribution in [0.1, 0.15) is 6.92 Å². The standard InChI is InChI=1S/C5H12N4O2/c1-5(9(3)7-11)4-8(2)6-10/h5H,4H2,1-3H3. The highest BCUT2D eigenvalue weighted by Crippen LogP contribution is 1.97. The molecule has 1 atom stereocenters. The monoisotopic (exact) mass is 160 g/mol. The minimum absolute atomic E-state index is 0.102. The second kappa shape index (κ2) is 4.59. The molecule has 0 aliphatic heterocycles. The molecule has 0 heterocycles. The molecule has 6 nitrogen and oxygen atoms in total. The van der Waals surface area contributed by atoms with Crippen LogP contribution >= 0.6 is 0 Å². The Morgan fingerprint density at radius 3 is 2.18 bits per heavy atom. The molecule has 6 heteroatoms. The topological polar surface area (TPSA) is 65.3 Å². The molecule has 0 aliphatic rings. The molecule has 0 fully saturated rings. The molecule has 1 unspecified atom stereocenters. The van der Waals surface area contributed by atoms with Gasteiger partial charge in [0.15, 0.2) is 0 Å². The van der Waals surface area contributed by atoms with Crippen molar-refractivity contribution in [2.75, 3.05) is 20.6 Å². The summed E-state index contributed by atoms with van der Waals surface area (Å²) in [6.45, 7) is 2.18. The van der Waals surface area contributed by atoms with E-state index in [0.717, 1.165) is 0 Å². The van der Waals surface area contributed by atoms with Gasteiger partial charge in [-0.2, -0.15) is 0 Å². The lowest BCUT2D eigenvalue weighted by atomic mass is 10.3. The van der Waals surface area contributed by atoms with Crippen molar-refractivity contribution in [3.05, 3.63) is 9.81 Å². The maximum atomic E-state index is 9.96. The van der Waals surface area contributed by atoms with E-state index in [2.05, 4.69) is 10.6 Å². The largest absolute Gasteiger partial charge is 0.262 e. The van der Waals surface area contributed by atoms with E-state index in [-0.39, 0.29) is 6.04 Å². The molecule has 0 aromatic rings. The minimum atomic E-state index is -0.102. The van der Waals surface area contributed by atoms with Gasteiger partial charge in [-0.3, -0.25) is 10.0 Å². The molecular weight excluding hydrogens is 148 g/mol. The van der Waals surface area contributed by atoms with Crippen LogP contribution in [-0.4, -0.2) is 36.7 Å². The van der Waals surface area contributed by atoms with E-state index in [1.54, 1.807) is 21.0 Å². The first kappa shape index (κ1) is 9.80. The van der Waals surface area contributed by atoms with Crippen LogP contribution in [0.5, 0.6) is 0 Å². The molecule has 0 bridgehead atoms. The fourth-order valence-electron chi connectivity index (χ4n) is 0.614. The van der Waals surface area contributed by atoms with Crippen molar-refractivity contribution >= 4 is 0 Å². The summed E-state index contributed by atoms with van der Waals surface area (Å²) in [7, 11) is 3.10. The third kappa shape index (κ3) is 3.49. The van der Waals surface area contributed by atoms with E-state index in [9.17, 15) is 9.81 Å². The Morgan fingerprint density at radius 1 is 1.27 bits per heavy atom. The SMILES string of the molecule is CC(CN(C)N=O)N(C)N=O. The van der Waals surface area contributed by atoms with Crippen LogP contribution < -0.4 is 0 Å². The van der Waals surface area contributed by atoms with Crippen molar-refractivity contribution in [1.82, 2.24) is 10.0 Å². The van der Waals surface area contributed by atoms with Gasteiger partial charge >= 0.3 is 0 Å². The van der Waals surface area contributed by atoms with Gasteiger partial charge in [0, 0.05) is 14.1 Å². The summed E-state index contributed by atoms with van der Waals surface area (Å²) >= 11 is 0. The number of likely N-dealkylation sites (N-methyl/N-ethyl adjacent to an activating group) is 2. The zero-order chi connectivity index (χ0) is 8.85. The first-order valence-corrected chi connectivity index (χ1v) is 3.22. The lowest BCUT2D eigenvalue weighted by Gasteiger charge is -2.20. The van der Waals surface area contributed by atoms with E-state index >= 15 is 0 Å². The molecule has 0 spiro atoms. The third-order valence-electron chi connectivity index (χ3n) is 1.43. The van der Waals surface area contributed by atoms with E-state index in [1.807, 2.05) is 0 Å². The zero-order valence-corrected chi connectivity index (χ0v) is 6.89. The molecule has 0 radical (unpaired) electrons. The van der Waals surface area contributed by atoms with Crippen LogP contribution in [-0.2, 0) is 0 Å². The van der Waals surface area contributed by atoms with Crippen molar-refractivity contribution in [2.24, 2.45) is 10.6 Å². The molecule has 0 aromatic carbocycles. The first-order valence-electron chi connectivity index (χ1n) is 3.22. The average molecular weight is 160 g/mol. The van der Waals surface area contributed by atoms with E-state index < -0.39 is 0 Å². The van der Waals surface area contributed by atoms with Crippen molar-refractivity contribution in [3.63, 3.8) is 0 Å². The highest BCUT2D eigenvalue weighted by atomic mass is 16.3.